The molecule has 2 amide bonds. The normalized spacial score (nSPS) is 15.0. The maximum atomic E-state index is 12.4. The quantitative estimate of drug-likeness (QED) is 0.791. The highest BCUT2D eigenvalue weighted by Crippen LogP contribution is 2.21. The number of rotatable bonds is 6. The van der Waals surface area contributed by atoms with Gasteiger partial charge in [-0.25, -0.2) is 4.79 Å². The fourth-order valence-corrected chi connectivity index (χ4v) is 3.02. The van der Waals surface area contributed by atoms with E-state index in [-0.39, 0.29) is 23.7 Å². The lowest BCUT2D eigenvalue weighted by Crippen LogP contribution is -2.41. The van der Waals surface area contributed by atoms with Crippen molar-refractivity contribution >= 4 is 23.5 Å². The summed E-state index contributed by atoms with van der Waals surface area (Å²) in [5, 5.41) is 2.89. The first-order valence-electron chi connectivity index (χ1n) is 9.26. The number of nitrogens with zero attached hydrogens (tertiary/aromatic N) is 1. The van der Waals surface area contributed by atoms with Crippen molar-refractivity contribution in [1.29, 1.82) is 0 Å². The van der Waals surface area contributed by atoms with Crippen LogP contribution in [0.3, 0.4) is 0 Å². The number of piperidine rings is 1. The molecule has 0 aromatic heterocycles. The lowest BCUT2D eigenvalue weighted by molar-refractivity contribution is -0.135. The highest BCUT2D eigenvalue weighted by atomic mass is 16.5. The van der Waals surface area contributed by atoms with Crippen LogP contribution in [-0.4, -0.2) is 42.4 Å². The Morgan fingerprint density at radius 3 is 2.31 bits per heavy atom. The number of anilines is 1. The van der Waals surface area contributed by atoms with E-state index in [0.717, 1.165) is 0 Å². The number of benzene rings is 1. The van der Waals surface area contributed by atoms with Crippen molar-refractivity contribution in [1.82, 2.24) is 4.90 Å². The van der Waals surface area contributed by atoms with Crippen LogP contribution in [0.4, 0.5) is 5.69 Å². The Morgan fingerprint density at radius 1 is 1.15 bits per heavy atom. The third kappa shape index (κ3) is 5.58. The zero-order chi connectivity index (χ0) is 19.1. The Kier molecular flexibility index (Phi) is 7.18. The molecule has 1 N–H and O–H groups in total. The number of carbonyl (C=O) groups is 3. The van der Waals surface area contributed by atoms with Crippen molar-refractivity contribution < 1.29 is 19.1 Å². The summed E-state index contributed by atoms with van der Waals surface area (Å²) in [6.45, 7) is 7.41. The molecule has 26 heavy (non-hydrogen) atoms. The van der Waals surface area contributed by atoms with Crippen LogP contribution in [0, 0.1) is 11.8 Å². The minimum absolute atomic E-state index is 0.0372. The van der Waals surface area contributed by atoms with Gasteiger partial charge in [-0.3, -0.25) is 9.59 Å². The van der Waals surface area contributed by atoms with Crippen molar-refractivity contribution in [3.63, 3.8) is 0 Å². The number of carbonyl (C=O) groups excluding carboxylic acids is 3. The summed E-state index contributed by atoms with van der Waals surface area (Å²) in [5.74, 6) is 0.0194. The number of nitrogens with one attached hydrogen (secondary N) is 1. The maximum absolute atomic E-state index is 12.4. The van der Waals surface area contributed by atoms with Gasteiger partial charge in [0.05, 0.1) is 12.2 Å². The topological polar surface area (TPSA) is 75.7 Å². The fourth-order valence-electron chi connectivity index (χ4n) is 3.02. The molecule has 2 rings (SSSR count). The molecule has 0 atom stereocenters. The highest BCUT2D eigenvalue weighted by Gasteiger charge is 2.27. The summed E-state index contributed by atoms with van der Waals surface area (Å²) in [6, 6.07) is 6.68. The molecule has 1 heterocycles. The number of likely N-dealkylation sites (tertiary alicyclic amines) is 1. The Morgan fingerprint density at radius 2 is 1.77 bits per heavy atom. The molecule has 6 nitrogen and oxygen atoms in total. The largest absolute Gasteiger partial charge is 0.462 e. The van der Waals surface area contributed by atoms with Crippen LogP contribution >= 0.6 is 0 Å². The van der Waals surface area contributed by atoms with Crippen LogP contribution in [0.15, 0.2) is 24.3 Å². The molecule has 1 aliphatic heterocycles. The van der Waals surface area contributed by atoms with E-state index in [4.69, 9.17) is 4.74 Å². The van der Waals surface area contributed by atoms with Crippen LogP contribution in [0.25, 0.3) is 0 Å². The molecule has 142 valence electrons. The molecule has 0 saturated carbocycles. The second-order valence-corrected chi connectivity index (χ2v) is 7.04. The summed E-state index contributed by atoms with van der Waals surface area (Å²) in [4.78, 5) is 38.0. The summed E-state index contributed by atoms with van der Waals surface area (Å²) < 4.78 is 4.94. The minimum Gasteiger partial charge on any atom is -0.462 e. The lowest BCUT2D eigenvalue weighted by Gasteiger charge is -2.31. The first-order chi connectivity index (χ1) is 12.4. The van der Waals surface area contributed by atoms with Crippen molar-refractivity contribution in [2.24, 2.45) is 11.8 Å². The predicted octanol–water partition coefficient (Wildman–Crippen LogP) is 3.09. The van der Waals surface area contributed by atoms with E-state index in [1.807, 2.05) is 18.7 Å². The van der Waals surface area contributed by atoms with E-state index < -0.39 is 0 Å². The van der Waals surface area contributed by atoms with E-state index in [0.29, 0.717) is 56.1 Å². The number of hydrogen-bond acceptors (Lipinski definition) is 4. The van der Waals surface area contributed by atoms with Crippen LogP contribution in [-0.2, 0) is 14.3 Å². The summed E-state index contributed by atoms with van der Waals surface area (Å²) in [6.07, 6.45) is 1.91. The van der Waals surface area contributed by atoms with Crippen molar-refractivity contribution in [3.05, 3.63) is 29.8 Å². The van der Waals surface area contributed by atoms with E-state index >= 15 is 0 Å². The molecule has 1 aromatic rings. The molecule has 1 aromatic carbocycles. The van der Waals surface area contributed by atoms with Crippen LogP contribution in [0.1, 0.15) is 50.4 Å². The third-order valence-electron chi connectivity index (χ3n) is 4.46. The zero-order valence-corrected chi connectivity index (χ0v) is 15.8. The summed E-state index contributed by atoms with van der Waals surface area (Å²) in [5.41, 5.74) is 1.11. The zero-order valence-electron chi connectivity index (χ0n) is 15.8. The van der Waals surface area contributed by atoms with Gasteiger partial charge in [0.2, 0.25) is 11.8 Å². The van der Waals surface area contributed by atoms with Gasteiger partial charge in [-0.05, 0) is 49.9 Å². The Labute approximate surface area is 154 Å². The Balaban J connectivity index is 1.83. The van der Waals surface area contributed by atoms with Gasteiger partial charge in [-0.1, -0.05) is 13.8 Å². The molecular weight excluding hydrogens is 332 g/mol. The second kappa shape index (κ2) is 9.36. The molecule has 0 unspecified atom stereocenters. The number of esters is 1. The molecule has 0 aliphatic carbocycles. The molecule has 1 fully saturated rings. The van der Waals surface area contributed by atoms with Crippen molar-refractivity contribution in [3.8, 4) is 0 Å². The van der Waals surface area contributed by atoms with Crippen LogP contribution < -0.4 is 5.32 Å². The third-order valence-corrected chi connectivity index (χ3v) is 4.46. The average Bonchev–Trinajstić information content (AvgIpc) is 2.62. The van der Waals surface area contributed by atoms with E-state index in [9.17, 15) is 14.4 Å². The van der Waals surface area contributed by atoms with Gasteiger partial charge in [0.1, 0.15) is 0 Å². The molecule has 6 heteroatoms. The van der Waals surface area contributed by atoms with Crippen molar-refractivity contribution in [2.75, 3.05) is 25.0 Å². The maximum Gasteiger partial charge on any atom is 0.338 e. The smallest absolute Gasteiger partial charge is 0.338 e. The van der Waals surface area contributed by atoms with Gasteiger partial charge >= 0.3 is 5.97 Å². The summed E-state index contributed by atoms with van der Waals surface area (Å²) >= 11 is 0. The first-order valence-corrected chi connectivity index (χ1v) is 9.26. The number of amides is 2. The van der Waals surface area contributed by atoms with Crippen LogP contribution in [0.2, 0.25) is 0 Å². The molecule has 1 aliphatic rings. The standard InChI is InChI=1S/C20H28N2O4/c1-4-26-20(25)16-5-7-17(8-6-16)21-19(24)15-9-11-22(12-10-15)18(23)13-14(2)3/h5-8,14-15H,4,9-13H2,1-3H3,(H,21,24). The van der Waals surface area contributed by atoms with E-state index in [1.54, 1.807) is 31.2 Å². The van der Waals surface area contributed by atoms with Gasteiger partial charge in [0.25, 0.3) is 0 Å². The molecule has 0 radical (unpaired) electrons. The monoisotopic (exact) mass is 360 g/mol. The summed E-state index contributed by atoms with van der Waals surface area (Å²) in [7, 11) is 0. The number of ether oxygens (including phenoxy) is 1. The predicted molar refractivity (Wildman–Crippen MR) is 99.8 cm³/mol. The van der Waals surface area contributed by atoms with Gasteiger partial charge in [0, 0.05) is 31.1 Å². The second-order valence-electron chi connectivity index (χ2n) is 7.04. The molecule has 0 spiro atoms. The van der Waals surface area contributed by atoms with Gasteiger partial charge in [-0.2, -0.15) is 0 Å². The first kappa shape index (κ1) is 19.9. The molecule has 1 saturated heterocycles. The molecular formula is C20H28N2O4. The van der Waals surface area contributed by atoms with E-state index in [2.05, 4.69) is 5.32 Å². The fraction of sp³-hybridized carbons (Fsp3) is 0.550. The van der Waals surface area contributed by atoms with Gasteiger partial charge in [-0.15, -0.1) is 0 Å². The Bertz CT molecular complexity index is 632. The van der Waals surface area contributed by atoms with Crippen molar-refractivity contribution in [2.45, 2.75) is 40.0 Å². The lowest BCUT2D eigenvalue weighted by atomic mass is 9.95. The van der Waals surface area contributed by atoms with Gasteiger partial charge < -0.3 is 15.0 Å². The highest BCUT2D eigenvalue weighted by molar-refractivity contribution is 5.94. The average molecular weight is 360 g/mol. The van der Waals surface area contributed by atoms with E-state index in [1.165, 1.54) is 0 Å². The van der Waals surface area contributed by atoms with Crippen LogP contribution in [0.5, 0.6) is 0 Å². The minimum atomic E-state index is -0.371. The Hall–Kier alpha value is -2.37. The SMILES string of the molecule is CCOC(=O)c1ccc(NC(=O)C2CCN(C(=O)CC(C)C)CC2)cc1. The molecule has 0 bridgehead atoms. The van der Waals surface area contributed by atoms with Gasteiger partial charge in [0.15, 0.2) is 0 Å². The number of hydrogen-bond donors (Lipinski definition) is 1.